The van der Waals surface area contributed by atoms with Gasteiger partial charge in [0, 0.05) is 6.07 Å². The Bertz CT molecular complexity index is 788. The maximum absolute atomic E-state index is 14.0. The van der Waals surface area contributed by atoms with Crippen molar-refractivity contribution in [2.75, 3.05) is 5.73 Å². The Labute approximate surface area is 118 Å². The summed E-state index contributed by atoms with van der Waals surface area (Å²) in [5, 5.41) is 6.30. The van der Waals surface area contributed by atoms with Crippen LogP contribution in [0.4, 0.5) is 14.5 Å². The first-order valence-electron chi connectivity index (χ1n) is 6.03. The summed E-state index contributed by atoms with van der Waals surface area (Å²) in [7, 11) is 0. The zero-order valence-corrected chi connectivity index (χ0v) is 10.7. The van der Waals surface area contributed by atoms with E-state index in [0.717, 1.165) is 0 Å². The summed E-state index contributed by atoms with van der Waals surface area (Å²) in [6.07, 6.45) is 1.37. The van der Waals surface area contributed by atoms with Gasteiger partial charge in [-0.1, -0.05) is 12.1 Å². The Balaban J connectivity index is 1.92. The van der Waals surface area contributed by atoms with Crippen LogP contribution in [-0.2, 0) is 0 Å². The van der Waals surface area contributed by atoms with E-state index in [1.165, 1.54) is 36.5 Å². The first kappa shape index (κ1) is 13.0. The number of anilines is 1. The number of halogens is 2. The van der Waals surface area contributed by atoms with Gasteiger partial charge in [-0.05, 0) is 18.2 Å². The molecule has 0 atom stereocenters. The largest absolute Gasteiger partial charge is 0.436 e. The average Bonchev–Trinajstić information content (AvgIpc) is 2.88. The number of hydrogen-bond donors (Lipinski definition) is 2. The Morgan fingerprint density at radius 1 is 1.10 bits per heavy atom. The van der Waals surface area contributed by atoms with Crippen molar-refractivity contribution in [3.05, 3.63) is 54.4 Å². The first-order valence-corrected chi connectivity index (χ1v) is 6.03. The quantitative estimate of drug-likeness (QED) is 0.726. The van der Waals surface area contributed by atoms with E-state index < -0.39 is 11.8 Å². The topological polar surface area (TPSA) is 76.8 Å². The highest BCUT2D eigenvalue weighted by Gasteiger charge is 2.13. The van der Waals surface area contributed by atoms with E-state index in [4.69, 9.17) is 10.5 Å². The number of benzene rings is 1. The standard InChI is InChI=1S/C14H10F2N4O/c15-9-3-1-2-4-11(9)21-12-6-5-8(14(16)19-12)13-10(17)7-18-20-13/h1-7H,17H2,(H,18,20). The molecule has 5 nitrogen and oxygen atoms in total. The fourth-order valence-corrected chi connectivity index (χ4v) is 1.81. The number of H-pyrrole nitrogens is 1. The lowest BCUT2D eigenvalue weighted by Crippen LogP contribution is -1.96. The molecule has 2 heterocycles. The Kier molecular flexibility index (Phi) is 3.23. The summed E-state index contributed by atoms with van der Waals surface area (Å²) in [6, 6.07) is 8.66. The van der Waals surface area contributed by atoms with Crippen molar-refractivity contribution < 1.29 is 13.5 Å². The lowest BCUT2D eigenvalue weighted by atomic mass is 10.2. The molecule has 0 radical (unpaired) electrons. The van der Waals surface area contributed by atoms with Gasteiger partial charge in [0.15, 0.2) is 11.6 Å². The minimum Gasteiger partial charge on any atom is -0.436 e. The molecule has 1 aromatic carbocycles. The van der Waals surface area contributed by atoms with Crippen molar-refractivity contribution in [3.63, 3.8) is 0 Å². The van der Waals surface area contributed by atoms with Crippen molar-refractivity contribution in [2.45, 2.75) is 0 Å². The van der Waals surface area contributed by atoms with Crippen LogP contribution in [0.5, 0.6) is 11.6 Å². The number of hydrogen-bond acceptors (Lipinski definition) is 4. The monoisotopic (exact) mass is 288 g/mol. The van der Waals surface area contributed by atoms with Gasteiger partial charge in [-0.15, -0.1) is 0 Å². The lowest BCUT2D eigenvalue weighted by Gasteiger charge is -2.07. The van der Waals surface area contributed by atoms with Crippen molar-refractivity contribution >= 4 is 5.69 Å². The van der Waals surface area contributed by atoms with Gasteiger partial charge in [-0.2, -0.15) is 14.5 Å². The molecule has 0 aliphatic heterocycles. The fourth-order valence-electron chi connectivity index (χ4n) is 1.81. The summed E-state index contributed by atoms with van der Waals surface area (Å²) in [5.41, 5.74) is 6.45. The zero-order valence-electron chi connectivity index (χ0n) is 10.7. The van der Waals surface area contributed by atoms with Crippen LogP contribution >= 0.6 is 0 Å². The van der Waals surface area contributed by atoms with Crippen molar-refractivity contribution in [2.24, 2.45) is 0 Å². The summed E-state index contributed by atoms with van der Waals surface area (Å²) in [6.45, 7) is 0. The van der Waals surface area contributed by atoms with Crippen LogP contribution in [0.2, 0.25) is 0 Å². The molecule has 106 valence electrons. The second-order valence-corrected chi connectivity index (χ2v) is 4.22. The van der Waals surface area contributed by atoms with Crippen LogP contribution in [0.1, 0.15) is 0 Å². The van der Waals surface area contributed by atoms with Gasteiger partial charge < -0.3 is 10.5 Å². The highest BCUT2D eigenvalue weighted by atomic mass is 19.1. The molecule has 0 aliphatic rings. The molecule has 0 amide bonds. The van der Waals surface area contributed by atoms with Crippen LogP contribution < -0.4 is 10.5 Å². The summed E-state index contributed by atoms with van der Waals surface area (Å²) in [5.74, 6) is -1.43. The average molecular weight is 288 g/mol. The molecule has 7 heteroatoms. The van der Waals surface area contributed by atoms with Crippen molar-refractivity contribution in [3.8, 4) is 22.9 Å². The van der Waals surface area contributed by atoms with Crippen LogP contribution in [0.15, 0.2) is 42.6 Å². The first-order chi connectivity index (χ1) is 10.1. The summed E-state index contributed by atoms with van der Waals surface area (Å²) >= 11 is 0. The molecule has 0 bridgehead atoms. The van der Waals surface area contributed by atoms with E-state index in [1.54, 1.807) is 6.07 Å². The maximum atomic E-state index is 14.0. The highest BCUT2D eigenvalue weighted by Crippen LogP contribution is 2.28. The molecule has 0 saturated heterocycles. The van der Waals surface area contributed by atoms with E-state index in [2.05, 4.69) is 15.2 Å². The van der Waals surface area contributed by atoms with Gasteiger partial charge in [0.05, 0.1) is 23.1 Å². The minimum atomic E-state index is -0.792. The molecule has 3 rings (SSSR count). The molecule has 0 aliphatic carbocycles. The van der Waals surface area contributed by atoms with Crippen LogP contribution in [0.25, 0.3) is 11.3 Å². The molecule has 0 unspecified atom stereocenters. The van der Waals surface area contributed by atoms with Gasteiger partial charge in [0.25, 0.3) is 0 Å². The third-order valence-corrected chi connectivity index (χ3v) is 2.81. The predicted molar refractivity (Wildman–Crippen MR) is 72.7 cm³/mol. The Morgan fingerprint density at radius 3 is 2.57 bits per heavy atom. The maximum Gasteiger partial charge on any atom is 0.225 e. The predicted octanol–water partition coefficient (Wildman–Crippen LogP) is 3.12. The third-order valence-electron chi connectivity index (χ3n) is 2.81. The van der Waals surface area contributed by atoms with Crippen molar-refractivity contribution in [1.82, 2.24) is 15.2 Å². The van der Waals surface area contributed by atoms with E-state index in [9.17, 15) is 8.78 Å². The number of nitrogen functional groups attached to an aromatic ring is 1. The Morgan fingerprint density at radius 2 is 1.90 bits per heavy atom. The van der Waals surface area contributed by atoms with Gasteiger partial charge >= 0.3 is 0 Å². The molecule has 0 spiro atoms. The smallest absolute Gasteiger partial charge is 0.225 e. The Hall–Kier alpha value is -2.96. The fraction of sp³-hybridized carbons (Fsp3) is 0. The lowest BCUT2D eigenvalue weighted by molar-refractivity contribution is 0.417. The zero-order chi connectivity index (χ0) is 14.8. The van der Waals surface area contributed by atoms with Crippen LogP contribution in [0.3, 0.4) is 0 Å². The van der Waals surface area contributed by atoms with Crippen LogP contribution in [-0.4, -0.2) is 15.2 Å². The number of ether oxygens (including phenoxy) is 1. The minimum absolute atomic E-state index is 0.0294. The molecular formula is C14H10F2N4O. The number of aromatic nitrogens is 3. The molecule has 2 aromatic heterocycles. The summed E-state index contributed by atoms with van der Waals surface area (Å²) < 4.78 is 32.7. The molecule has 21 heavy (non-hydrogen) atoms. The SMILES string of the molecule is Nc1cn[nH]c1-c1ccc(Oc2ccccc2F)nc1F. The molecule has 3 aromatic rings. The van der Waals surface area contributed by atoms with Crippen LogP contribution in [0, 0.1) is 11.8 Å². The number of pyridine rings is 1. The normalized spacial score (nSPS) is 10.6. The number of para-hydroxylation sites is 1. The second-order valence-electron chi connectivity index (χ2n) is 4.22. The highest BCUT2D eigenvalue weighted by molar-refractivity contribution is 5.71. The molecule has 0 saturated carbocycles. The van der Waals surface area contributed by atoms with Gasteiger partial charge in [-0.25, -0.2) is 4.39 Å². The number of nitrogens with zero attached hydrogens (tertiary/aromatic N) is 2. The number of aromatic amines is 1. The number of nitrogens with two attached hydrogens (primary N) is 1. The van der Waals surface area contributed by atoms with E-state index in [-0.39, 0.29) is 17.2 Å². The van der Waals surface area contributed by atoms with E-state index in [1.807, 2.05) is 0 Å². The van der Waals surface area contributed by atoms with Gasteiger partial charge in [-0.3, -0.25) is 5.10 Å². The summed E-state index contributed by atoms with van der Waals surface area (Å²) in [4.78, 5) is 3.65. The molecule has 3 N–H and O–H groups in total. The molecule has 0 fully saturated rings. The second kappa shape index (κ2) is 5.20. The van der Waals surface area contributed by atoms with Gasteiger partial charge in [0.2, 0.25) is 11.8 Å². The van der Waals surface area contributed by atoms with E-state index in [0.29, 0.717) is 11.4 Å². The number of nitrogens with one attached hydrogen (secondary N) is 1. The van der Waals surface area contributed by atoms with Crippen molar-refractivity contribution in [1.29, 1.82) is 0 Å². The number of rotatable bonds is 3. The van der Waals surface area contributed by atoms with E-state index >= 15 is 0 Å². The molecular weight excluding hydrogens is 278 g/mol. The third kappa shape index (κ3) is 2.53. The van der Waals surface area contributed by atoms with Gasteiger partial charge in [0.1, 0.15) is 0 Å².